The summed E-state index contributed by atoms with van der Waals surface area (Å²) in [7, 11) is 0. The van der Waals surface area contributed by atoms with Gasteiger partial charge in [0.25, 0.3) is 0 Å². The Bertz CT molecular complexity index is 655. The van der Waals surface area contributed by atoms with Crippen LogP contribution >= 0.6 is 0 Å². The fourth-order valence-electron chi connectivity index (χ4n) is 8.01. The first-order chi connectivity index (χ1) is 19.5. The van der Waals surface area contributed by atoms with Gasteiger partial charge in [-0.3, -0.25) is 9.59 Å². The number of carbonyl (C=O) groups excluding carboxylic acids is 2. The topological polar surface area (TPSA) is 59.1 Å². The van der Waals surface area contributed by atoms with Gasteiger partial charge in [-0.2, -0.15) is 0 Å². The van der Waals surface area contributed by atoms with E-state index < -0.39 is 0 Å². The molecule has 230 valence electrons. The highest BCUT2D eigenvalue weighted by Crippen LogP contribution is 2.32. The van der Waals surface area contributed by atoms with Crippen LogP contribution in [-0.4, -0.2) is 72.2 Å². The third-order valence-electron chi connectivity index (χ3n) is 10.7. The van der Waals surface area contributed by atoms with Crippen molar-refractivity contribution < 1.29 is 19.1 Å². The molecule has 0 aliphatic heterocycles. The van der Waals surface area contributed by atoms with E-state index in [1.807, 2.05) is 0 Å². The molecule has 0 radical (unpaired) electrons. The van der Waals surface area contributed by atoms with E-state index in [0.29, 0.717) is 37.4 Å². The fourth-order valence-corrected chi connectivity index (χ4v) is 8.01. The van der Waals surface area contributed by atoms with Crippen molar-refractivity contribution in [1.82, 2.24) is 9.80 Å². The Morgan fingerprint density at radius 3 is 1.07 bits per heavy atom. The van der Waals surface area contributed by atoms with Crippen molar-refractivity contribution in [3.05, 3.63) is 0 Å². The largest absolute Gasteiger partial charge is 0.371 e. The van der Waals surface area contributed by atoms with E-state index in [0.717, 1.165) is 57.8 Å². The van der Waals surface area contributed by atoms with Crippen LogP contribution in [0.4, 0.5) is 0 Å². The molecule has 0 aromatic rings. The average Bonchev–Trinajstić information content (AvgIpc) is 3.00. The van der Waals surface area contributed by atoms with Crippen LogP contribution in [0.3, 0.4) is 0 Å². The Kier molecular flexibility index (Phi) is 13.1. The Balaban J connectivity index is 1.26. The number of nitrogens with zero attached hydrogens (tertiary/aromatic N) is 2. The van der Waals surface area contributed by atoms with Crippen molar-refractivity contribution in [2.45, 2.75) is 173 Å². The molecule has 2 amide bonds. The molecule has 4 fully saturated rings. The standard InChI is InChI=1S/C34H60N2O4/c1-3-34(2,26-39-24-32(37)35(28-16-8-4-9-17-28)29-18-10-5-11-19-29)27-40-25-33(38)36(30-20-12-6-13-21-30)31-22-14-7-15-23-31/h28-31H,3-27H2,1-2H3. The molecule has 4 rings (SSSR count). The van der Waals surface area contributed by atoms with Gasteiger partial charge in [0.05, 0.1) is 13.2 Å². The monoisotopic (exact) mass is 560 g/mol. The molecule has 0 N–H and O–H groups in total. The van der Waals surface area contributed by atoms with Gasteiger partial charge in [0.15, 0.2) is 0 Å². The van der Waals surface area contributed by atoms with E-state index in [-0.39, 0.29) is 30.4 Å². The lowest BCUT2D eigenvalue weighted by Crippen LogP contribution is -2.50. The summed E-state index contributed by atoms with van der Waals surface area (Å²) in [5, 5.41) is 0. The van der Waals surface area contributed by atoms with Crippen molar-refractivity contribution in [3.63, 3.8) is 0 Å². The van der Waals surface area contributed by atoms with Gasteiger partial charge in [0.1, 0.15) is 13.2 Å². The molecule has 6 nitrogen and oxygen atoms in total. The lowest BCUT2D eigenvalue weighted by molar-refractivity contribution is -0.146. The SMILES string of the molecule is CCC(C)(COCC(=O)N(C1CCCCC1)C1CCCCC1)COCC(=O)N(C1CCCCC1)C1CCCCC1. The van der Waals surface area contributed by atoms with Gasteiger partial charge in [-0.1, -0.05) is 90.9 Å². The number of hydrogen-bond acceptors (Lipinski definition) is 4. The third-order valence-corrected chi connectivity index (χ3v) is 10.7. The van der Waals surface area contributed by atoms with Crippen molar-refractivity contribution >= 4 is 11.8 Å². The van der Waals surface area contributed by atoms with Crippen molar-refractivity contribution in [1.29, 1.82) is 0 Å². The molecule has 0 heterocycles. The van der Waals surface area contributed by atoms with Gasteiger partial charge in [0.2, 0.25) is 11.8 Å². The van der Waals surface area contributed by atoms with Gasteiger partial charge >= 0.3 is 0 Å². The summed E-state index contributed by atoms with van der Waals surface area (Å²) in [5.74, 6) is 0.368. The predicted octanol–water partition coefficient (Wildman–Crippen LogP) is 7.42. The van der Waals surface area contributed by atoms with Crippen LogP contribution in [0, 0.1) is 5.41 Å². The molecule has 4 aliphatic rings. The van der Waals surface area contributed by atoms with Crippen molar-refractivity contribution in [2.24, 2.45) is 5.41 Å². The first-order valence-corrected chi connectivity index (χ1v) is 17.3. The summed E-state index contributed by atoms with van der Waals surface area (Å²) in [6.45, 7) is 5.63. The Labute approximate surface area is 245 Å². The molecule has 0 saturated heterocycles. The number of amides is 2. The minimum Gasteiger partial charge on any atom is -0.371 e. The smallest absolute Gasteiger partial charge is 0.249 e. The number of hydrogen-bond donors (Lipinski definition) is 0. The maximum Gasteiger partial charge on any atom is 0.249 e. The maximum absolute atomic E-state index is 13.5. The second-order valence-electron chi connectivity index (χ2n) is 13.9. The Morgan fingerprint density at radius 2 is 0.825 bits per heavy atom. The molecule has 6 heteroatoms. The molecule has 40 heavy (non-hydrogen) atoms. The lowest BCUT2D eigenvalue weighted by Gasteiger charge is -2.42. The highest BCUT2D eigenvalue weighted by atomic mass is 16.5. The average molecular weight is 561 g/mol. The number of ether oxygens (including phenoxy) is 2. The van der Waals surface area contributed by atoms with E-state index in [1.165, 1.54) is 77.0 Å². The van der Waals surface area contributed by atoms with E-state index in [9.17, 15) is 9.59 Å². The molecular formula is C34H60N2O4. The van der Waals surface area contributed by atoms with Crippen LogP contribution in [0.2, 0.25) is 0 Å². The second-order valence-corrected chi connectivity index (χ2v) is 13.9. The summed E-state index contributed by atoms with van der Waals surface area (Å²) < 4.78 is 12.3. The summed E-state index contributed by atoms with van der Waals surface area (Å²) in [5.41, 5.74) is -0.207. The first kappa shape index (κ1) is 31.8. The summed E-state index contributed by atoms with van der Waals surface area (Å²) in [6.07, 6.45) is 25.2. The van der Waals surface area contributed by atoms with Crippen molar-refractivity contribution in [3.8, 4) is 0 Å². The molecule has 0 spiro atoms. The highest BCUT2D eigenvalue weighted by Gasteiger charge is 2.35. The minimum absolute atomic E-state index is 0.165. The molecule has 0 unspecified atom stereocenters. The van der Waals surface area contributed by atoms with Gasteiger partial charge in [-0.15, -0.1) is 0 Å². The van der Waals surface area contributed by atoms with Crippen LogP contribution < -0.4 is 0 Å². The Morgan fingerprint density at radius 1 is 0.550 bits per heavy atom. The zero-order chi connectivity index (χ0) is 28.2. The predicted molar refractivity (Wildman–Crippen MR) is 161 cm³/mol. The number of rotatable bonds is 13. The van der Waals surface area contributed by atoms with Crippen molar-refractivity contribution in [2.75, 3.05) is 26.4 Å². The van der Waals surface area contributed by atoms with E-state index in [1.54, 1.807) is 0 Å². The third kappa shape index (κ3) is 9.18. The molecule has 4 aliphatic carbocycles. The quantitative estimate of drug-likeness (QED) is 0.235. The summed E-state index contributed by atoms with van der Waals surface area (Å²) in [4.78, 5) is 31.5. The van der Waals surface area contributed by atoms with E-state index in [2.05, 4.69) is 23.6 Å². The minimum atomic E-state index is -0.207. The van der Waals surface area contributed by atoms with Gasteiger partial charge in [-0.05, 0) is 57.8 Å². The van der Waals surface area contributed by atoms with Gasteiger partial charge in [-0.25, -0.2) is 0 Å². The van der Waals surface area contributed by atoms with Crippen LogP contribution in [0.5, 0.6) is 0 Å². The van der Waals surface area contributed by atoms with Crippen LogP contribution in [0.15, 0.2) is 0 Å². The van der Waals surface area contributed by atoms with Gasteiger partial charge in [0, 0.05) is 29.6 Å². The Hall–Kier alpha value is -1.14. The summed E-state index contributed by atoms with van der Waals surface area (Å²) >= 11 is 0. The van der Waals surface area contributed by atoms with E-state index in [4.69, 9.17) is 9.47 Å². The normalized spacial score (nSPS) is 22.8. The van der Waals surface area contributed by atoms with Crippen LogP contribution in [0.1, 0.15) is 149 Å². The van der Waals surface area contributed by atoms with Crippen LogP contribution in [0.25, 0.3) is 0 Å². The van der Waals surface area contributed by atoms with Crippen LogP contribution in [-0.2, 0) is 19.1 Å². The molecule has 0 atom stereocenters. The summed E-state index contributed by atoms with van der Waals surface area (Å²) in [6, 6.07) is 1.60. The molecule has 0 bridgehead atoms. The molecule has 0 aromatic heterocycles. The molecule has 4 saturated carbocycles. The second kappa shape index (κ2) is 16.5. The van der Waals surface area contributed by atoms with Gasteiger partial charge < -0.3 is 19.3 Å². The highest BCUT2D eigenvalue weighted by molar-refractivity contribution is 5.78. The number of carbonyl (C=O) groups is 2. The zero-order valence-electron chi connectivity index (χ0n) is 26.0. The fraction of sp³-hybridized carbons (Fsp3) is 0.941. The zero-order valence-corrected chi connectivity index (χ0v) is 26.0. The first-order valence-electron chi connectivity index (χ1n) is 17.3. The van der Waals surface area contributed by atoms with E-state index >= 15 is 0 Å². The molecule has 0 aromatic carbocycles. The lowest BCUT2D eigenvalue weighted by atomic mass is 9.88. The molecular weight excluding hydrogens is 500 g/mol. The maximum atomic E-state index is 13.5.